The van der Waals surface area contributed by atoms with Gasteiger partial charge in [-0.25, -0.2) is 9.97 Å². The van der Waals surface area contributed by atoms with Crippen LogP contribution in [0.2, 0.25) is 0 Å². The molecule has 5 aromatic rings. The number of ether oxygens (including phenoxy) is 1. The first-order valence-corrected chi connectivity index (χ1v) is 16.4. The number of aryl methyl sites for hydroxylation is 2. The molecule has 1 atom stereocenters. The van der Waals surface area contributed by atoms with E-state index in [0.29, 0.717) is 19.4 Å². The Hall–Kier alpha value is -4.41. The Balaban J connectivity index is 1.32. The minimum atomic E-state index is -0.267. The van der Waals surface area contributed by atoms with Crippen LogP contribution in [0.3, 0.4) is 0 Å². The maximum Gasteiger partial charge on any atom is 0.217 e. The van der Waals surface area contributed by atoms with Crippen LogP contribution in [-0.2, 0) is 16.1 Å². The van der Waals surface area contributed by atoms with E-state index >= 15 is 0 Å². The highest BCUT2D eigenvalue weighted by molar-refractivity contribution is 5.82. The average Bonchev–Trinajstić information content (AvgIpc) is 3.67. The number of fused-ring (bicyclic) bond motifs is 2. The van der Waals surface area contributed by atoms with E-state index in [1.165, 1.54) is 16.7 Å². The normalized spacial score (nSPS) is 14.6. The summed E-state index contributed by atoms with van der Waals surface area (Å²) in [5.74, 6) is 0.596. The van der Waals surface area contributed by atoms with Gasteiger partial charge in [-0.15, -0.1) is 0 Å². The summed E-state index contributed by atoms with van der Waals surface area (Å²) in [5, 5.41) is 3.68. The van der Waals surface area contributed by atoms with Gasteiger partial charge in [0.2, 0.25) is 11.9 Å². The third-order valence-corrected chi connectivity index (χ3v) is 8.91. The highest BCUT2D eigenvalue weighted by Crippen LogP contribution is 2.33. The summed E-state index contributed by atoms with van der Waals surface area (Å²) in [6.45, 7) is 13.4. The number of nitrogens with one attached hydrogen (secondary N) is 2. The van der Waals surface area contributed by atoms with Crippen molar-refractivity contribution in [3.63, 3.8) is 0 Å². The summed E-state index contributed by atoms with van der Waals surface area (Å²) < 4.78 is 7.84. The number of carbonyl (C=O) groups is 1. The van der Waals surface area contributed by atoms with Gasteiger partial charge >= 0.3 is 0 Å². The van der Waals surface area contributed by atoms with Crippen LogP contribution < -0.4 is 16.0 Å². The van der Waals surface area contributed by atoms with Gasteiger partial charge in [0.15, 0.2) is 0 Å². The molecule has 1 saturated heterocycles. The molecule has 1 fully saturated rings. The molecule has 46 heavy (non-hydrogen) atoms. The van der Waals surface area contributed by atoms with Gasteiger partial charge in [0, 0.05) is 50.4 Å². The Morgan fingerprint density at radius 2 is 1.89 bits per heavy atom. The number of nitrogens with zero attached hydrogens (tertiary/aromatic N) is 5. The Bertz CT molecular complexity index is 1770. The molecule has 0 aliphatic carbocycles. The number of morpholine rings is 1. The number of nitrogens with two attached hydrogens (primary N) is 1. The summed E-state index contributed by atoms with van der Waals surface area (Å²) in [5.41, 5.74) is 15.4. The number of aromatic amines is 1. The standard InChI is InChI=1S/C36H46N8O2/c1-25-19-26(2)21-29(20-25)43(14-5-9-34(37)45)23-28-10-11-31-33(22-28)44(27(3)30-7-4-8-32-35(30)40-24-39-32)36(41-31)38-12-6-13-42-15-17-46-18-16-42/h4,7-8,10-11,19-22,24,27H,5-6,9,12-18,23H2,1-3H3,(H2,37,45)(H,38,41)(H,39,40). The fourth-order valence-corrected chi connectivity index (χ4v) is 6.64. The Kier molecular flexibility index (Phi) is 9.85. The maximum atomic E-state index is 11.6. The van der Waals surface area contributed by atoms with Crippen LogP contribution in [0.4, 0.5) is 11.6 Å². The first kappa shape index (κ1) is 31.6. The van der Waals surface area contributed by atoms with Crippen molar-refractivity contribution in [2.24, 2.45) is 5.73 Å². The van der Waals surface area contributed by atoms with Crippen molar-refractivity contribution in [3.05, 3.63) is 83.2 Å². The van der Waals surface area contributed by atoms with Crippen molar-refractivity contribution in [3.8, 4) is 0 Å². The van der Waals surface area contributed by atoms with Gasteiger partial charge in [-0.1, -0.05) is 24.3 Å². The monoisotopic (exact) mass is 622 g/mol. The molecule has 6 rings (SSSR count). The average molecular weight is 623 g/mol. The van der Waals surface area contributed by atoms with Gasteiger partial charge in [0.1, 0.15) is 0 Å². The lowest BCUT2D eigenvalue weighted by molar-refractivity contribution is -0.118. The van der Waals surface area contributed by atoms with E-state index in [-0.39, 0.29) is 11.9 Å². The molecular weight excluding hydrogens is 576 g/mol. The van der Waals surface area contributed by atoms with Crippen LogP contribution in [0.25, 0.3) is 22.1 Å². The number of hydrogen-bond donors (Lipinski definition) is 3. The number of primary amides is 1. The van der Waals surface area contributed by atoms with Gasteiger partial charge in [0.05, 0.1) is 47.6 Å². The van der Waals surface area contributed by atoms with E-state index in [9.17, 15) is 4.79 Å². The molecule has 0 radical (unpaired) electrons. The molecule has 2 aromatic heterocycles. The number of para-hydroxylation sites is 1. The third-order valence-electron chi connectivity index (χ3n) is 8.91. The Labute approximate surface area is 270 Å². The van der Waals surface area contributed by atoms with E-state index in [1.807, 2.05) is 0 Å². The number of H-pyrrole nitrogens is 1. The minimum Gasteiger partial charge on any atom is -0.379 e. The fourth-order valence-electron chi connectivity index (χ4n) is 6.64. The van der Waals surface area contributed by atoms with Crippen LogP contribution in [-0.4, -0.2) is 76.3 Å². The van der Waals surface area contributed by atoms with Gasteiger partial charge in [-0.2, -0.15) is 0 Å². The Morgan fingerprint density at radius 1 is 1.09 bits per heavy atom. The molecule has 10 nitrogen and oxygen atoms in total. The van der Waals surface area contributed by atoms with Crippen molar-refractivity contribution in [2.75, 3.05) is 56.2 Å². The summed E-state index contributed by atoms with van der Waals surface area (Å²) in [6.07, 6.45) is 3.85. The molecule has 0 spiro atoms. The van der Waals surface area contributed by atoms with Gasteiger partial charge < -0.3 is 30.2 Å². The molecule has 0 saturated carbocycles. The lowest BCUT2D eigenvalue weighted by atomic mass is 10.1. The number of aromatic nitrogens is 4. The molecule has 3 aromatic carbocycles. The topological polar surface area (TPSA) is 117 Å². The van der Waals surface area contributed by atoms with E-state index in [1.54, 1.807) is 6.33 Å². The fraction of sp³-hybridized carbons (Fsp3) is 0.417. The van der Waals surface area contributed by atoms with E-state index in [0.717, 1.165) is 91.6 Å². The Morgan fingerprint density at radius 3 is 2.67 bits per heavy atom. The first-order chi connectivity index (χ1) is 22.4. The molecule has 10 heteroatoms. The number of imidazole rings is 2. The zero-order valence-electron chi connectivity index (χ0n) is 27.3. The number of hydrogen-bond acceptors (Lipinski definition) is 7. The van der Waals surface area contributed by atoms with Crippen molar-refractivity contribution in [1.82, 2.24) is 24.4 Å². The zero-order valence-corrected chi connectivity index (χ0v) is 27.3. The number of carbonyl (C=O) groups excluding carboxylic acids is 1. The predicted molar refractivity (Wildman–Crippen MR) is 185 cm³/mol. The van der Waals surface area contributed by atoms with Crippen molar-refractivity contribution >= 4 is 39.6 Å². The van der Waals surface area contributed by atoms with E-state index in [4.69, 9.17) is 15.5 Å². The third kappa shape index (κ3) is 7.35. The second-order valence-corrected chi connectivity index (χ2v) is 12.5. The molecule has 1 aliphatic heterocycles. The molecular formula is C36H46N8O2. The van der Waals surface area contributed by atoms with Crippen molar-refractivity contribution in [2.45, 2.75) is 52.6 Å². The van der Waals surface area contributed by atoms with Crippen LogP contribution in [0, 0.1) is 13.8 Å². The number of anilines is 2. The molecule has 1 amide bonds. The van der Waals surface area contributed by atoms with Crippen LogP contribution in [0.5, 0.6) is 0 Å². The van der Waals surface area contributed by atoms with E-state index in [2.05, 4.69) is 105 Å². The predicted octanol–water partition coefficient (Wildman–Crippen LogP) is 5.55. The quantitative estimate of drug-likeness (QED) is 0.139. The lowest BCUT2D eigenvalue weighted by Gasteiger charge is -2.26. The molecule has 242 valence electrons. The second-order valence-electron chi connectivity index (χ2n) is 12.5. The maximum absolute atomic E-state index is 11.6. The first-order valence-electron chi connectivity index (χ1n) is 16.4. The van der Waals surface area contributed by atoms with Crippen LogP contribution in [0.1, 0.15) is 54.5 Å². The molecule has 1 aliphatic rings. The molecule has 3 heterocycles. The van der Waals surface area contributed by atoms with Crippen LogP contribution in [0.15, 0.2) is 60.9 Å². The van der Waals surface area contributed by atoms with Gasteiger partial charge in [-0.05, 0) is 87.2 Å². The largest absolute Gasteiger partial charge is 0.379 e. The highest BCUT2D eigenvalue weighted by atomic mass is 16.5. The number of benzene rings is 3. The SMILES string of the molecule is Cc1cc(C)cc(N(CCCC(N)=O)Cc2ccc3nc(NCCCN4CCOCC4)n(C(C)c4cccc5[nH]cnc45)c3c2)c1. The highest BCUT2D eigenvalue weighted by Gasteiger charge is 2.21. The second kappa shape index (κ2) is 14.3. The summed E-state index contributed by atoms with van der Waals surface area (Å²) >= 11 is 0. The zero-order chi connectivity index (χ0) is 32.0. The lowest BCUT2D eigenvalue weighted by Crippen LogP contribution is -2.37. The summed E-state index contributed by atoms with van der Waals surface area (Å²) in [6, 6.07) is 19.5. The van der Waals surface area contributed by atoms with Crippen molar-refractivity contribution < 1.29 is 9.53 Å². The molecule has 0 bridgehead atoms. The molecule has 4 N–H and O–H groups in total. The summed E-state index contributed by atoms with van der Waals surface area (Å²) in [4.78, 5) is 29.4. The summed E-state index contributed by atoms with van der Waals surface area (Å²) in [7, 11) is 0. The van der Waals surface area contributed by atoms with Gasteiger partial charge in [0.25, 0.3) is 0 Å². The van der Waals surface area contributed by atoms with E-state index < -0.39 is 0 Å². The van der Waals surface area contributed by atoms with Crippen LogP contribution >= 0.6 is 0 Å². The smallest absolute Gasteiger partial charge is 0.217 e. The number of rotatable bonds is 14. The minimum absolute atomic E-state index is 0.0138. The molecule has 1 unspecified atom stereocenters. The van der Waals surface area contributed by atoms with Crippen molar-refractivity contribution in [1.29, 1.82) is 0 Å². The van der Waals surface area contributed by atoms with Gasteiger partial charge in [-0.3, -0.25) is 9.69 Å². The number of amides is 1.